The van der Waals surface area contributed by atoms with Crippen LogP contribution in [0.4, 0.5) is 0 Å². The van der Waals surface area contributed by atoms with Crippen molar-refractivity contribution in [1.82, 2.24) is 0 Å². The molecule has 1 aromatic carbocycles. The van der Waals surface area contributed by atoms with E-state index in [0.717, 1.165) is 11.1 Å². The van der Waals surface area contributed by atoms with Crippen LogP contribution in [0.2, 0.25) is 5.02 Å². The molecule has 3 nitrogen and oxygen atoms in total. The van der Waals surface area contributed by atoms with Crippen LogP contribution in [0.1, 0.15) is 37.8 Å². The fourth-order valence-electron chi connectivity index (χ4n) is 2.25. The number of carbonyl (C=O) groups is 1. The molecule has 1 aromatic rings. The number of fused-ring (bicyclic) bond motifs is 1. The molecule has 98 valence electrons. The monoisotopic (exact) mass is 268 g/mol. The van der Waals surface area contributed by atoms with Crippen LogP contribution in [0.25, 0.3) is 0 Å². The standard InChI is InChI=1S/C14H17ClO3/c1-8(2)12-10(6-9(3)16)7-11-14(13(12)15)18-5-4-17-11/h7-8H,4-6H2,1-3H3. The lowest BCUT2D eigenvalue weighted by atomic mass is 9.93. The van der Waals surface area contributed by atoms with E-state index < -0.39 is 0 Å². The smallest absolute Gasteiger partial charge is 0.180 e. The number of hydrogen-bond acceptors (Lipinski definition) is 3. The summed E-state index contributed by atoms with van der Waals surface area (Å²) < 4.78 is 11.1. The summed E-state index contributed by atoms with van der Waals surface area (Å²) in [5.41, 5.74) is 1.92. The molecule has 1 heterocycles. The summed E-state index contributed by atoms with van der Waals surface area (Å²) in [5, 5.41) is 0.582. The van der Waals surface area contributed by atoms with Crippen LogP contribution in [0.3, 0.4) is 0 Å². The number of rotatable bonds is 3. The van der Waals surface area contributed by atoms with Crippen LogP contribution < -0.4 is 9.47 Å². The fourth-order valence-corrected chi connectivity index (χ4v) is 2.74. The molecule has 4 heteroatoms. The maximum absolute atomic E-state index is 11.4. The number of halogens is 1. The molecule has 1 aliphatic rings. The van der Waals surface area contributed by atoms with Gasteiger partial charge in [0.25, 0.3) is 0 Å². The first kappa shape index (κ1) is 13.2. The van der Waals surface area contributed by atoms with Gasteiger partial charge in [-0.15, -0.1) is 0 Å². The molecule has 18 heavy (non-hydrogen) atoms. The van der Waals surface area contributed by atoms with Gasteiger partial charge in [-0.3, -0.25) is 4.79 Å². The lowest BCUT2D eigenvalue weighted by Gasteiger charge is -2.24. The van der Waals surface area contributed by atoms with Crippen LogP contribution in [-0.4, -0.2) is 19.0 Å². The highest BCUT2D eigenvalue weighted by Gasteiger charge is 2.23. The molecule has 1 aliphatic heterocycles. The third-order valence-corrected chi connectivity index (χ3v) is 3.29. The Hall–Kier alpha value is -1.22. The zero-order valence-corrected chi connectivity index (χ0v) is 11.6. The Morgan fingerprint density at radius 2 is 2.06 bits per heavy atom. The van der Waals surface area contributed by atoms with Gasteiger partial charge in [-0.05, 0) is 30.0 Å². The molecule has 0 amide bonds. The van der Waals surface area contributed by atoms with Crippen LogP contribution in [-0.2, 0) is 11.2 Å². The quantitative estimate of drug-likeness (QED) is 0.843. The lowest BCUT2D eigenvalue weighted by molar-refractivity contribution is -0.116. The maximum Gasteiger partial charge on any atom is 0.180 e. The zero-order valence-electron chi connectivity index (χ0n) is 10.9. The second-order valence-electron chi connectivity index (χ2n) is 4.82. The normalized spacial score (nSPS) is 13.8. The van der Waals surface area contributed by atoms with E-state index in [9.17, 15) is 4.79 Å². The molecule has 0 saturated heterocycles. The Morgan fingerprint density at radius 3 is 2.67 bits per heavy atom. The van der Waals surface area contributed by atoms with Crippen LogP contribution in [0.5, 0.6) is 11.5 Å². The van der Waals surface area contributed by atoms with Gasteiger partial charge in [0, 0.05) is 6.42 Å². The van der Waals surface area contributed by atoms with Crippen molar-refractivity contribution in [2.75, 3.05) is 13.2 Å². The topological polar surface area (TPSA) is 35.5 Å². The fraction of sp³-hybridized carbons (Fsp3) is 0.500. The predicted octanol–water partition coefficient (Wildman–Crippen LogP) is 3.37. The molecule has 0 spiro atoms. The van der Waals surface area contributed by atoms with Gasteiger partial charge in [0.05, 0.1) is 5.02 Å². The molecule has 0 saturated carbocycles. The van der Waals surface area contributed by atoms with E-state index in [1.54, 1.807) is 6.92 Å². The molecule has 0 radical (unpaired) electrons. The van der Waals surface area contributed by atoms with Crippen molar-refractivity contribution in [2.24, 2.45) is 0 Å². The van der Waals surface area contributed by atoms with Gasteiger partial charge in [0.15, 0.2) is 11.5 Å². The second-order valence-corrected chi connectivity index (χ2v) is 5.20. The second kappa shape index (κ2) is 5.19. The average molecular weight is 269 g/mol. The predicted molar refractivity (Wildman–Crippen MR) is 70.9 cm³/mol. The Bertz CT molecular complexity index is 480. The van der Waals surface area contributed by atoms with Crippen molar-refractivity contribution < 1.29 is 14.3 Å². The van der Waals surface area contributed by atoms with Gasteiger partial charge >= 0.3 is 0 Å². The van der Waals surface area contributed by atoms with Crippen LogP contribution in [0, 0.1) is 0 Å². The molecular formula is C14H17ClO3. The summed E-state index contributed by atoms with van der Waals surface area (Å²) in [6, 6.07) is 1.89. The largest absolute Gasteiger partial charge is 0.486 e. The van der Waals surface area contributed by atoms with Gasteiger partial charge in [0.2, 0.25) is 0 Å². The highest BCUT2D eigenvalue weighted by atomic mass is 35.5. The summed E-state index contributed by atoms with van der Waals surface area (Å²) in [4.78, 5) is 11.4. The van der Waals surface area contributed by atoms with Crippen LogP contribution in [0.15, 0.2) is 6.07 Å². The van der Waals surface area contributed by atoms with Gasteiger partial charge in [-0.2, -0.15) is 0 Å². The van der Waals surface area contributed by atoms with Crippen molar-refractivity contribution >= 4 is 17.4 Å². The summed E-state index contributed by atoms with van der Waals surface area (Å²) in [6.07, 6.45) is 0.379. The molecule has 0 unspecified atom stereocenters. The van der Waals surface area contributed by atoms with E-state index >= 15 is 0 Å². The van der Waals surface area contributed by atoms with E-state index in [1.165, 1.54) is 0 Å². The average Bonchev–Trinajstić information content (AvgIpc) is 2.27. The summed E-state index contributed by atoms with van der Waals surface area (Å²) >= 11 is 6.39. The van der Waals surface area contributed by atoms with Crippen molar-refractivity contribution in [3.8, 4) is 11.5 Å². The number of ketones is 1. The Kier molecular flexibility index (Phi) is 3.81. The van der Waals surface area contributed by atoms with Gasteiger partial charge < -0.3 is 9.47 Å². The summed E-state index contributed by atoms with van der Waals surface area (Å²) in [6.45, 7) is 6.72. The number of carbonyl (C=O) groups excluding carboxylic acids is 1. The van der Waals surface area contributed by atoms with Crippen molar-refractivity contribution in [2.45, 2.75) is 33.1 Å². The maximum atomic E-state index is 11.4. The number of ether oxygens (including phenoxy) is 2. The molecule has 0 bridgehead atoms. The first-order valence-electron chi connectivity index (χ1n) is 6.11. The molecule has 0 aromatic heterocycles. The highest BCUT2D eigenvalue weighted by Crippen LogP contribution is 2.44. The van der Waals surface area contributed by atoms with Gasteiger partial charge in [-0.1, -0.05) is 25.4 Å². The van der Waals surface area contributed by atoms with E-state index in [1.807, 2.05) is 6.07 Å². The molecular weight excluding hydrogens is 252 g/mol. The molecule has 0 aliphatic carbocycles. The van der Waals surface area contributed by atoms with E-state index in [-0.39, 0.29) is 11.7 Å². The first-order valence-corrected chi connectivity index (χ1v) is 6.48. The molecule has 0 N–H and O–H groups in total. The van der Waals surface area contributed by atoms with Gasteiger partial charge in [-0.25, -0.2) is 0 Å². The summed E-state index contributed by atoms with van der Waals surface area (Å²) in [7, 11) is 0. The van der Waals surface area contributed by atoms with Crippen LogP contribution >= 0.6 is 11.6 Å². The van der Waals surface area contributed by atoms with Crippen molar-refractivity contribution in [3.63, 3.8) is 0 Å². The minimum Gasteiger partial charge on any atom is -0.486 e. The SMILES string of the molecule is CC(=O)Cc1cc2c(c(Cl)c1C(C)C)OCCO2. The minimum atomic E-state index is 0.115. The third kappa shape index (κ3) is 2.46. The number of Topliss-reactive ketones (excluding diaryl/α,β-unsaturated/α-hetero) is 1. The Balaban J connectivity index is 2.57. The molecule has 2 rings (SSSR count). The van der Waals surface area contributed by atoms with E-state index in [0.29, 0.717) is 36.2 Å². The van der Waals surface area contributed by atoms with Gasteiger partial charge in [0.1, 0.15) is 19.0 Å². The Labute approximate surface area is 112 Å². The highest BCUT2D eigenvalue weighted by molar-refractivity contribution is 6.33. The zero-order chi connectivity index (χ0) is 13.3. The first-order chi connectivity index (χ1) is 8.50. The minimum absolute atomic E-state index is 0.115. The summed E-state index contributed by atoms with van der Waals surface area (Å²) in [5.74, 6) is 1.61. The number of hydrogen-bond donors (Lipinski definition) is 0. The molecule has 0 fully saturated rings. The lowest BCUT2D eigenvalue weighted by Crippen LogP contribution is -2.17. The van der Waals surface area contributed by atoms with Crippen molar-refractivity contribution in [1.29, 1.82) is 0 Å². The van der Waals surface area contributed by atoms with E-state index in [2.05, 4.69) is 13.8 Å². The number of benzene rings is 1. The van der Waals surface area contributed by atoms with E-state index in [4.69, 9.17) is 21.1 Å². The Morgan fingerprint density at radius 1 is 1.39 bits per heavy atom. The van der Waals surface area contributed by atoms with Crippen molar-refractivity contribution in [3.05, 3.63) is 22.2 Å². The third-order valence-electron chi connectivity index (χ3n) is 2.91. The molecule has 0 atom stereocenters.